The number of carbonyl (C=O) groups is 2. The lowest BCUT2D eigenvalue weighted by molar-refractivity contribution is -0.129. The predicted octanol–water partition coefficient (Wildman–Crippen LogP) is 2.24. The normalized spacial score (nSPS) is 18.5. The van der Waals surface area contributed by atoms with Gasteiger partial charge in [0.2, 0.25) is 0 Å². The zero-order valence-electron chi connectivity index (χ0n) is 19.4. The Morgan fingerprint density at radius 1 is 1.06 bits per heavy atom. The van der Waals surface area contributed by atoms with Gasteiger partial charge in [-0.05, 0) is 29.9 Å². The second-order valence-corrected chi connectivity index (χ2v) is 9.22. The van der Waals surface area contributed by atoms with Crippen molar-refractivity contribution in [2.75, 3.05) is 13.1 Å². The van der Waals surface area contributed by atoms with Crippen LogP contribution in [0.5, 0.6) is 0 Å². The molecule has 2 aromatic rings. The van der Waals surface area contributed by atoms with Crippen LogP contribution >= 0.6 is 0 Å². The molecular weight excluding hydrogens is 416 g/mol. The van der Waals surface area contributed by atoms with Gasteiger partial charge in [-0.25, -0.2) is 4.79 Å². The van der Waals surface area contributed by atoms with Gasteiger partial charge in [0.15, 0.2) is 5.78 Å². The zero-order chi connectivity index (χ0) is 24.0. The highest BCUT2D eigenvalue weighted by Crippen LogP contribution is 2.26. The van der Waals surface area contributed by atoms with E-state index in [0.717, 1.165) is 11.1 Å². The number of nitrogens with zero attached hydrogens (tertiary/aromatic N) is 1. The maximum absolute atomic E-state index is 13.8. The molecule has 5 atom stereocenters. The Bertz CT molecular complexity index is 906. The predicted molar refractivity (Wildman–Crippen MR) is 129 cm³/mol. The van der Waals surface area contributed by atoms with Gasteiger partial charge in [-0.2, -0.15) is 0 Å². The Morgan fingerprint density at radius 2 is 1.67 bits per heavy atom. The van der Waals surface area contributed by atoms with Crippen molar-refractivity contribution in [3.63, 3.8) is 0 Å². The van der Waals surface area contributed by atoms with Crippen molar-refractivity contribution < 1.29 is 14.7 Å². The lowest BCUT2D eigenvalue weighted by Gasteiger charge is -2.34. The average Bonchev–Trinajstić information content (AvgIpc) is 3.23. The van der Waals surface area contributed by atoms with Crippen LogP contribution in [-0.2, 0) is 11.2 Å². The van der Waals surface area contributed by atoms with E-state index in [0.29, 0.717) is 19.5 Å². The molecular formula is C26H36N4O3. The Balaban J connectivity index is 1.82. The minimum Gasteiger partial charge on any atom is -0.391 e. The number of aliphatic hydroxyl groups is 1. The van der Waals surface area contributed by atoms with Crippen molar-refractivity contribution in [1.82, 2.24) is 10.2 Å². The number of rotatable bonds is 11. The molecule has 2 aromatic carbocycles. The summed E-state index contributed by atoms with van der Waals surface area (Å²) in [6, 6.07) is 17.1. The Hall–Kier alpha value is -2.74. The number of hydrogen-bond donors (Lipinski definition) is 4. The molecule has 7 heteroatoms. The molecule has 0 radical (unpaired) electrons. The van der Waals surface area contributed by atoms with Gasteiger partial charge >= 0.3 is 6.03 Å². The molecule has 1 saturated heterocycles. The van der Waals surface area contributed by atoms with Crippen molar-refractivity contribution in [2.24, 2.45) is 23.3 Å². The van der Waals surface area contributed by atoms with Gasteiger partial charge in [0, 0.05) is 31.1 Å². The number of hydrogen-bond acceptors (Lipinski definition) is 5. The zero-order valence-corrected chi connectivity index (χ0v) is 19.4. The highest BCUT2D eigenvalue weighted by Gasteiger charge is 2.39. The van der Waals surface area contributed by atoms with Crippen molar-refractivity contribution >= 4 is 11.8 Å². The van der Waals surface area contributed by atoms with E-state index in [2.05, 4.69) is 5.32 Å². The van der Waals surface area contributed by atoms with Gasteiger partial charge in [-0.1, -0.05) is 74.5 Å². The lowest BCUT2D eigenvalue weighted by Crippen LogP contribution is -2.51. The van der Waals surface area contributed by atoms with Crippen LogP contribution in [0.4, 0.5) is 4.79 Å². The molecule has 1 aliphatic rings. The SMILES string of the molecule is CC(C)[C@@H](C(=O)[C@@H](Cc1ccccc1)C[C@H](O)[C@@H](N)C(N)c1ccccc1)N1CCNC1=O. The summed E-state index contributed by atoms with van der Waals surface area (Å²) in [6.45, 7) is 4.91. The van der Waals surface area contributed by atoms with Crippen LogP contribution in [0, 0.1) is 11.8 Å². The van der Waals surface area contributed by atoms with E-state index in [1.165, 1.54) is 0 Å². The minimum atomic E-state index is -0.974. The van der Waals surface area contributed by atoms with Gasteiger partial charge in [0.1, 0.15) is 0 Å². The van der Waals surface area contributed by atoms with Crippen LogP contribution in [0.25, 0.3) is 0 Å². The fourth-order valence-electron chi connectivity index (χ4n) is 4.62. The van der Waals surface area contributed by atoms with Gasteiger partial charge in [-0.3, -0.25) is 4.79 Å². The average molecular weight is 453 g/mol. The number of aliphatic hydroxyl groups excluding tert-OH is 1. The number of nitrogens with two attached hydrogens (primary N) is 2. The Kier molecular flexibility index (Phi) is 8.61. The number of carbonyl (C=O) groups excluding carboxylic acids is 2. The van der Waals surface area contributed by atoms with Crippen LogP contribution in [0.2, 0.25) is 0 Å². The second-order valence-electron chi connectivity index (χ2n) is 9.22. The molecule has 1 aliphatic heterocycles. The first kappa shape index (κ1) is 24.9. The quantitative estimate of drug-likeness (QED) is 0.417. The molecule has 0 saturated carbocycles. The van der Waals surface area contributed by atoms with Crippen LogP contribution < -0.4 is 16.8 Å². The number of amides is 2. The van der Waals surface area contributed by atoms with Crippen LogP contribution in [0.15, 0.2) is 60.7 Å². The molecule has 33 heavy (non-hydrogen) atoms. The lowest BCUT2D eigenvalue weighted by atomic mass is 9.81. The number of urea groups is 1. The standard InChI is InChI=1S/C26H36N4O3/c1-17(2)24(30-14-13-29-26(30)33)25(32)20(15-18-9-5-3-6-10-18)16-21(31)23(28)22(27)19-11-7-4-8-12-19/h3-12,17,20-24,31H,13-16,27-28H2,1-2H3,(H,29,33)/t20-,21-,22?,23+,24-/m0/s1. The van der Waals surface area contributed by atoms with Crippen LogP contribution in [0.3, 0.4) is 0 Å². The van der Waals surface area contributed by atoms with Crippen LogP contribution in [-0.4, -0.2) is 53.1 Å². The van der Waals surface area contributed by atoms with E-state index in [4.69, 9.17) is 11.5 Å². The van der Waals surface area contributed by atoms with E-state index in [9.17, 15) is 14.7 Å². The van der Waals surface area contributed by atoms with E-state index in [-0.39, 0.29) is 24.2 Å². The van der Waals surface area contributed by atoms with Gasteiger partial charge < -0.3 is 26.8 Å². The fraction of sp³-hybridized carbons (Fsp3) is 0.462. The minimum absolute atomic E-state index is 0.0505. The first-order chi connectivity index (χ1) is 15.8. The highest BCUT2D eigenvalue weighted by molar-refractivity contribution is 5.91. The third-order valence-electron chi connectivity index (χ3n) is 6.45. The molecule has 3 rings (SSSR count). The maximum Gasteiger partial charge on any atom is 0.318 e. The molecule has 0 spiro atoms. The third-order valence-corrected chi connectivity index (χ3v) is 6.45. The molecule has 1 heterocycles. The summed E-state index contributed by atoms with van der Waals surface area (Å²) in [6.07, 6.45) is -0.338. The Labute approximate surface area is 196 Å². The van der Waals surface area contributed by atoms with Crippen molar-refractivity contribution in [2.45, 2.75) is 50.9 Å². The number of Topliss-reactive ketones (excluding diaryl/α,β-unsaturated/α-hetero) is 1. The van der Waals surface area contributed by atoms with Gasteiger partial charge in [-0.15, -0.1) is 0 Å². The molecule has 2 amide bonds. The van der Waals surface area contributed by atoms with E-state index < -0.39 is 30.1 Å². The van der Waals surface area contributed by atoms with Crippen molar-refractivity contribution in [1.29, 1.82) is 0 Å². The van der Waals surface area contributed by atoms with Gasteiger partial charge in [0.25, 0.3) is 0 Å². The van der Waals surface area contributed by atoms with Gasteiger partial charge in [0.05, 0.1) is 12.1 Å². The molecule has 0 bridgehead atoms. The summed E-state index contributed by atoms with van der Waals surface area (Å²) in [7, 11) is 0. The fourth-order valence-corrected chi connectivity index (χ4v) is 4.62. The summed E-state index contributed by atoms with van der Waals surface area (Å²) in [5.41, 5.74) is 14.5. The second kappa shape index (κ2) is 11.4. The third kappa shape index (κ3) is 6.19. The van der Waals surface area contributed by atoms with E-state index >= 15 is 0 Å². The van der Waals surface area contributed by atoms with E-state index in [1.807, 2.05) is 74.5 Å². The largest absolute Gasteiger partial charge is 0.391 e. The number of benzene rings is 2. The monoisotopic (exact) mass is 452 g/mol. The summed E-state index contributed by atoms with van der Waals surface area (Å²) < 4.78 is 0. The van der Waals surface area contributed by atoms with Crippen molar-refractivity contribution in [3.05, 3.63) is 71.8 Å². The smallest absolute Gasteiger partial charge is 0.318 e. The molecule has 178 valence electrons. The summed E-state index contributed by atoms with van der Waals surface area (Å²) in [5, 5.41) is 13.8. The summed E-state index contributed by atoms with van der Waals surface area (Å²) in [4.78, 5) is 27.8. The molecule has 7 nitrogen and oxygen atoms in total. The molecule has 1 unspecified atom stereocenters. The topological polar surface area (TPSA) is 122 Å². The van der Waals surface area contributed by atoms with Crippen molar-refractivity contribution in [3.8, 4) is 0 Å². The number of ketones is 1. The summed E-state index contributed by atoms with van der Waals surface area (Å²) >= 11 is 0. The molecule has 0 aromatic heterocycles. The van der Waals surface area contributed by atoms with E-state index in [1.54, 1.807) is 4.90 Å². The summed E-state index contributed by atoms with van der Waals surface area (Å²) in [5.74, 6) is -0.611. The van der Waals surface area contributed by atoms with Crippen LogP contribution in [0.1, 0.15) is 37.4 Å². The number of nitrogens with one attached hydrogen (secondary N) is 1. The first-order valence-electron chi connectivity index (χ1n) is 11.7. The highest BCUT2D eigenvalue weighted by atomic mass is 16.3. The molecule has 6 N–H and O–H groups in total. The Morgan fingerprint density at radius 3 is 2.21 bits per heavy atom. The maximum atomic E-state index is 13.8. The molecule has 0 aliphatic carbocycles. The first-order valence-corrected chi connectivity index (χ1v) is 11.7. The molecule has 1 fully saturated rings.